The molecule has 0 fully saturated rings. The van der Waals surface area contributed by atoms with Crippen LogP contribution in [0.5, 0.6) is 0 Å². The van der Waals surface area contributed by atoms with E-state index in [1.165, 1.54) is 0 Å². The molecule has 2 unspecified atom stereocenters. The summed E-state index contributed by atoms with van der Waals surface area (Å²) in [6.07, 6.45) is 2.49. The molecule has 15 heavy (non-hydrogen) atoms. The van der Waals surface area contributed by atoms with Crippen LogP contribution < -0.4 is 5.32 Å². The zero-order valence-electron chi connectivity index (χ0n) is 10.7. The Kier molecular flexibility index (Phi) is 10.3. The minimum absolute atomic E-state index is 0.252. The third-order valence-electron chi connectivity index (χ3n) is 2.38. The minimum atomic E-state index is 0.252. The maximum atomic E-state index is 5.66. The second-order valence-electron chi connectivity index (χ2n) is 3.93. The summed E-state index contributed by atoms with van der Waals surface area (Å²) in [6, 6.07) is 0.413. The Morgan fingerprint density at radius 1 is 1.00 bits per heavy atom. The van der Waals surface area contributed by atoms with Crippen molar-refractivity contribution in [1.29, 1.82) is 0 Å². The number of hydrogen-bond acceptors (Lipinski definition) is 3. The van der Waals surface area contributed by atoms with Crippen molar-refractivity contribution in [3.05, 3.63) is 0 Å². The van der Waals surface area contributed by atoms with Gasteiger partial charge in [0.1, 0.15) is 0 Å². The van der Waals surface area contributed by atoms with E-state index < -0.39 is 0 Å². The van der Waals surface area contributed by atoms with Crippen molar-refractivity contribution in [3.63, 3.8) is 0 Å². The predicted molar refractivity (Wildman–Crippen MR) is 64.3 cm³/mol. The van der Waals surface area contributed by atoms with E-state index >= 15 is 0 Å². The minimum Gasteiger partial charge on any atom is -0.379 e. The molecule has 3 nitrogen and oxygen atoms in total. The van der Waals surface area contributed by atoms with Gasteiger partial charge in [-0.25, -0.2) is 0 Å². The molecule has 0 aliphatic carbocycles. The quantitative estimate of drug-likeness (QED) is 0.569. The van der Waals surface area contributed by atoms with E-state index in [0.29, 0.717) is 19.3 Å². The van der Waals surface area contributed by atoms with E-state index in [1.807, 2.05) is 0 Å². The van der Waals surface area contributed by atoms with Gasteiger partial charge in [0.2, 0.25) is 0 Å². The summed E-state index contributed by atoms with van der Waals surface area (Å²) in [5.41, 5.74) is 0. The van der Waals surface area contributed by atoms with Gasteiger partial charge in [0.05, 0.1) is 19.3 Å². The third-order valence-corrected chi connectivity index (χ3v) is 2.38. The first-order valence-electron chi connectivity index (χ1n) is 6.15. The lowest BCUT2D eigenvalue weighted by Crippen LogP contribution is -2.38. The molecule has 0 aromatic rings. The first kappa shape index (κ1) is 14.9. The fraction of sp³-hybridized carbons (Fsp3) is 1.00. The predicted octanol–water partition coefficient (Wildman–Crippen LogP) is 2.21. The molecule has 0 aliphatic rings. The molecule has 0 spiro atoms. The zero-order chi connectivity index (χ0) is 11.5. The van der Waals surface area contributed by atoms with Gasteiger partial charge in [0, 0.05) is 12.6 Å². The molecule has 2 atom stereocenters. The van der Waals surface area contributed by atoms with Crippen LogP contribution in [-0.2, 0) is 9.47 Å². The van der Waals surface area contributed by atoms with Gasteiger partial charge in [-0.3, -0.25) is 0 Å². The Hall–Kier alpha value is -0.120. The van der Waals surface area contributed by atoms with Gasteiger partial charge in [0.25, 0.3) is 0 Å². The topological polar surface area (TPSA) is 30.5 Å². The van der Waals surface area contributed by atoms with Gasteiger partial charge in [-0.1, -0.05) is 13.8 Å². The summed E-state index contributed by atoms with van der Waals surface area (Å²) < 4.78 is 11.0. The molecule has 0 saturated heterocycles. The highest BCUT2D eigenvalue weighted by Gasteiger charge is 2.10. The van der Waals surface area contributed by atoms with Crippen LogP contribution in [0, 0.1) is 0 Å². The van der Waals surface area contributed by atoms with Crippen LogP contribution >= 0.6 is 0 Å². The second-order valence-corrected chi connectivity index (χ2v) is 3.93. The largest absolute Gasteiger partial charge is 0.379 e. The lowest BCUT2D eigenvalue weighted by atomic mass is 10.2. The molecule has 0 aromatic heterocycles. The van der Waals surface area contributed by atoms with Crippen molar-refractivity contribution < 1.29 is 9.47 Å². The first-order valence-corrected chi connectivity index (χ1v) is 6.15. The molecule has 92 valence electrons. The molecule has 0 amide bonds. The molecule has 0 heterocycles. The van der Waals surface area contributed by atoms with Gasteiger partial charge in [0.15, 0.2) is 0 Å². The number of rotatable bonds is 10. The van der Waals surface area contributed by atoms with Gasteiger partial charge in [-0.15, -0.1) is 0 Å². The van der Waals surface area contributed by atoms with Crippen LogP contribution in [-0.4, -0.2) is 38.5 Å². The Morgan fingerprint density at radius 3 is 2.33 bits per heavy atom. The van der Waals surface area contributed by atoms with Crippen LogP contribution in [0.1, 0.15) is 40.5 Å². The fourth-order valence-corrected chi connectivity index (χ4v) is 1.22. The maximum absolute atomic E-state index is 5.66. The summed E-state index contributed by atoms with van der Waals surface area (Å²) in [5.74, 6) is 0. The normalized spacial score (nSPS) is 15.2. The standard InChI is InChI=1S/C12H27NO2/c1-5-7-13-11(3)12(4)15-10-9-14-8-6-2/h11-13H,5-10H2,1-4H3. The molecule has 0 aromatic carbocycles. The van der Waals surface area contributed by atoms with Gasteiger partial charge < -0.3 is 14.8 Å². The van der Waals surface area contributed by atoms with Crippen LogP contribution in [0.3, 0.4) is 0 Å². The fourth-order valence-electron chi connectivity index (χ4n) is 1.22. The molecule has 0 bridgehead atoms. The molecular formula is C12H27NO2. The second kappa shape index (κ2) is 10.4. The molecule has 0 rings (SSSR count). The van der Waals surface area contributed by atoms with Crippen molar-refractivity contribution in [2.24, 2.45) is 0 Å². The molecule has 0 radical (unpaired) electrons. The SMILES string of the molecule is CCCNC(C)C(C)OCCOCCC. The summed E-state index contributed by atoms with van der Waals surface area (Å²) in [4.78, 5) is 0. The van der Waals surface area contributed by atoms with E-state index in [-0.39, 0.29) is 6.10 Å². The van der Waals surface area contributed by atoms with E-state index in [9.17, 15) is 0 Å². The van der Waals surface area contributed by atoms with E-state index in [4.69, 9.17) is 9.47 Å². The van der Waals surface area contributed by atoms with Crippen LogP contribution in [0.15, 0.2) is 0 Å². The number of hydrogen-bond donors (Lipinski definition) is 1. The van der Waals surface area contributed by atoms with Crippen LogP contribution in [0.4, 0.5) is 0 Å². The highest BCUT2D eigenvalue weighted by atomic mass is 16.5. The van der Waals surface area contributed by atoms with Crippen molar-refractivity contribution >= 4 is 0 Å². The Bertz CT molecular complexity index is 131. The highest BCUT2D eigenvalue weighted by Crippen LogP contribution is 1.98. The molecule has 0 aliphatic heterocycles. The average molecular weight is 217 g/mol. The Labute approximate surface area is 94.5 Å². The van der Waals surface area contributed by atoms with Gasteiger partial charge >= 0.3 is 0 Å². The lowest BCUT2D eigenvalue weighted by Gasteiger charge is -2.21. The van der Waals surface area contributed by atoms with Crippen molar-refractivity contribution in [3.8, 4) is 0 Å². The zero-order valence-corrected chi connectivity index (χ0v) is 10.7. The van der Waals surface area contributed by atoms with Crippen molar-refractivity contribution in [1.82, 2.24) is 5.32 Å². The van der Waals surface area contributed by atoms with Gasteiger partial charge in [-0.05, 0) is 33.2 Å². The highest BCUT2D eigenvalue weighted by molar-refractivity contribution is 4.67. The van der Waals surface area contributed by atoms with E-state index in [0.717, 1.165) is 26.0 Å². The monoisotopic (exact) mass is 217 g/mol. The molecule has 3 heteroatoms. The summed E-state index contributed by atoms with van der Waals surface area (Å²) >= 11 is 0. The average Bonchev–Trinajstić information content (AvgIpc) is 2.25. The third kappa shape index (κ3) is 8.85. The lowest BCUT2D eigenvalue weighted by molar-refractivity contribution is -0.000253. The summed E-state index contributed by atoms with van der Waals surface area (Å²) in [7, 11) is 0. The molecule has 0 saturated carbocycles. The van der Waals surface area contributed by atoms with Crippen LogP contribution in [0.2, 0.25) is 0 Å². The molecular weight excluding hydrogens is 190 g/mol. The van der Waals surface area contributed by atoms with E-state index in [1.54, 1.807) is 0 Å². The van der Waals surface area contributed by atoms with Crippen LogP contribution in [0.25, 0.3) is 0 Å². The first-order chi connectivity index (χ1) is 7.22. The summed E-state index contributed by atoms with van der Waals surface area (Å²) in [5, 5.41) is 3.42. The maximum Gasteiger partial charge on any atom is 0.0704 e. The molecule has 1 N–H and O–H groups in total. The smallest absolute Gasteiger partial charge is 0.0704 e. The van der Waals surface area contributed by atoms with E-state index in [2.05, 4.69) is 33.0 Å². The Balaban J connectivity index is 3.34. The number of nitrogens with one attached hydrogen (secondary N) is 1. The summed E-state index contributed by atoms with van der Waals surface area (Å²) in [6.45, 7) is 11.8. The number of ether oxygens (including phenoxy) is 2. The van der Waals surface area contributed by atoms with Gasteiger partial charge in [-0.2, -0.15) is 0 Å². The Morgan fingerprint density at radius 2 is 1.73 bits per heavy atom. The van der Waals surface area contributed by atoms with Crippen molar-refractivity contribution in [2.75, 3.05) is 26.4 Å². The van der Waals surface area contributed by atoms with Crippen molar-refractivity contribution in [2.45, 2.75) is 52.7 Å².